The van der Waals surface area contributed by atoms with Crippen molar-refractivity contribution in [3.05, 3.63) is 404 Å². The van der Waals surface area contributed by atoms with Gasteiger partial charge in [0, 0.05) is 60.0 Å². The molecule has 18 rings (SSSR count). The van der Waals surface area contributed by atoms with E-state index in [-0.39, 0.29) is 5.82 Å². The molecule has 0 saturated carbocycles. The van der Waals surface area contributed by atoms with E-state index in [0.717, 1.165) is 62.3 Å². The number of benzene rings is 13. The molecule has 4 heterocycles. The number of nitrogens with zero attached hydrogens (tertiary/aromatic N) is 4. The highest BCUT2D eigenvalue weighted by atomic mass is 28.3. The monoisotopic (exact) mass is 1380 g/mol. The third-order valence-corrected chi connectivity index (χ3v) is 28.7. The molecule has 0 radical (unpaired) electrons. The third-order valence-electron chi connectivity index (χ3n) is 19.5. The fourth-order valence-electron chi connectivity index (χ4n) is 14.3. The molecule has 11 heteroatoms. The largest absolute Gasteiger partial charge is 0.435 e. The van der Waals surface area contributed by atoms with E-state index in [4.69, 9.17) is 18.9 Å². The highest BCUT2D eigenvalue weighted by Crippen LogP contribution is 2.36. The third kappa shape index (κ3) is 14.1. The molecular formula is C92H77FN4O4Si2+4. The van der Waals surface area contributed by atoms with E-state index in [1.807, 2.05) is 77.5 Å². The van der Waals surface area contributed by atoms with Crippen LogP contribution in [-0.2, 0) is 0 Å². The molecule has 0 unspecified atom stereocenters. The maximum absolute atomic E-state index is 13.4. The Labute approximate surface area is 604 Å². The second-order valence-corrected chi connectivity index (χ2v) is 33.4. The molecule has 13 aromatic rings. The summed E-state index contributed by atoms with van der Waals surface area (Å²) in [6, 6.07) is 120. The fraction of sp³-hybridized carbons (Fsp3) is 0.0652. The molecule has 13 aromatic carbocycles. The van der Waals surface area contributed by atoms with E-state index >= 15 is 0 Å². The molecule has 0 fully saturated rings. The van der Waals surface area contributed by atoms with Crippen molar-refractivity contribution in [2.45, 2.75) is 12.5 Å². The molecule has 0 saturated heterocycles. The van der Waals surface area contributed by atoms with E-state index in [9.17, 15) is 4.39 Å². The van der Waals surface area contributed by atoms with Crippen LogP contribution in [0.25, 0.3) is 0 Å². The number of hydrogen-bond donors (Lipinski definition) is 0. The Bertz CT molecular complexity index is 5130. The first kappa shape index (κ1) is 66.5. The van der Waals surface area contributed by atoms with Crippen molar-refractivity contribution >= 4 is 100 Å². The lowest BCUT2D eigenvalue weighted by molar-refractivity contribution is -0.476. The number of ether oxygens (including phenoxy) is 4. The molecule has 0 atom stereocenters. The predicted molar refractivity (Wildman–Crippen MR) is 422 cm³/mol. The normalized spacial score (nSPS) is 13.8. The van der Waals surface area contributed by atoms with Crippen LogP contribution < -0.4 is 55.3 Å². The van der Waals surface area contributed by atoms with Crippen LogP contribution in [0.3, 0.4) is 0 Å². The summed E-state index contributed by atoms with van der Waals surface area (Å²) in [7, 11) is -4.87. The van der Waals surface area contributed by atoms with E-state index in [2.05, 4.69) is 330 Å². The SMILES string of the molecule is C1=CC(c2cccc3c2OC[N+](c2ccccc2)=C3)C=C1.C1=[N+](c2ccccc2)COc2c1cccc2[Si](c1ccccc1)(c1ccccc1)c1ccccc1.C[Si](c1ccccc1)(c1ccccc1)c1cccc2c1OC[N+](c1ccccc1)=C2.Fc1cccc2c1OC[N+](c1ccccc1)=C2. The van der Waals surface area contributed by atoms with Gasteiger partial charge >= 0.3 is 0 Å². The number of allylic oxidation sites excluding steroid dienone is 4. The molecule has 500 valence electrons. The highest BCUT2D eigenvalue weighted by molar-refractivity contribution is 7.20. The maximum Gasteiger partial charge on any atom is 0.292 e. The maximum atomic E-state index is 13.4. The van der Waals surface area contributed by atoms with Gasteiger partial charge in [0.15, 0.2) is 44.5 Å². The molecule has 0 amide bonds. The van der Waals surface area contributed by atoms with Crippen LogP contribution in [0.2, 0.25) is 6.55 Å². The van der Waals surface area contributed by atoms with Gasteiger partial charge < -0.3 is 18.9 Å². The minimum absolute atomic E-state index is 0.313. The first-order valence-electron chi connectivity index (χ1n) is 34.9. The summed E-state index contributed by atoms with van der Waals surface area (Å²) in [6.07, 6.45) is 17.1. The second-order valence-electron chi connectivity index (χ2n) is 25.7. The molecule has 8 nitrogen and oxygen atoms in total. The van der Waals surface area contributed by atoms with Crippen LogP contribution in [0.4, 0.5) is 27.1 Å². The number of rotatable bonds is 12. The van der Waals surface area contributed by atoms with Crippen molar-refractivity contribution in [2.24, 2.45) is 0 Å². The standard InChI is InChI=1S/C32H26NOSi.C27H24NOSi.C19H16NO.C14H11FNO/c1-5-15-27(16-6-1)33-24-26-14-13-23-31(32(26)34-25-33)35(28-17-7-2-8-18-28,29-19-9-3-10-20-29)30-21-11-4-12-22-30;1-30(24-15-7-3-8-16-24,25-17-9-4-10-18-25)26-19-11-12-22-20-28(21-29-27(22)26)23-13-5-2-6-14-23;1-2-10-17(11-3-1)20-13-16-9-6-12-18(19(16)21-14-20)15-7-4-5-8-15;15-13-8-4-5-11-9-16(10-17-14(11)13)12-6-2-1-3-7-12/h1-24H,25H2;2-20H,21H2,1H3;1-13,15H,14H2;1-9H,10H2/q4*+1. The molecule has 4 aliphatic heterocycles. The first-order valence-corrected chi connectivity index (χ1v) is 39.4. The van der Waals surface area contributed by atoms with Crippen molar-refractivity contribution in [1.82, 2.24) is 0 Å². The summed E-state index contributed by atoms with van der Waals surface area (Å²) >= 11 is 0. The van der Waals surface area contributed by atoms with Crippen LogP contribution in [-0.4, -0.2) is 86.2 Å². The molecule has 0 spiro atoms. The molecule has 103 heavy (non-hydrogen) atoms. The number of hydrogen-bond acceptors (Lipinski definition) is 4. The summed E-state index contributed by atoms with van der Waals surface area (Å²) in [5.74, 6) is 3.36. The molecule has 0 aromatic heterocycles. The molecular weight excluding hydrogens is 1300 g/mol. The fourth-order valence-corrected chi connectivity index (χ4v) is 23.0. The summed E-state index contributed by atoms with van der Waals surface area (Å²) < 4.78 is 46.4. The molecule has 0 bridgehead atoms. The van der Waals surface area contributed by atoms with E-state index in [1.54, 1.807) is 6.07 Å². The van der Waals surface area contributed by atoms with Crippen LogP contribution in [0.5, 0.6) is 23.0 Å². The lowest BCUT2D eigenvalue weighted by Crippen LogP contribution is -2.75. The summed E-state index contributed by atoms with van der Waals surface area (Å²) in [6.45, 7) is 4.31. The highest BCUT2D eigenvalue weighted by Gasteiger charge is 2.45. The van der Waals surface area contributed by atoms with E-state index in [0.29, 0.717) is 38.6 Å². The van der Waals surface area contributed by atoms with Crippen molar-refractivity contribution in [2.75, 3.05) is 26.9 Å². The Morgan fingerprint density at radius 1 is 0.282 bits per heavy atom. The van der Waals surface area contributed by atoms with E-state index in [1.165, 1.54) is 47.9 Å². The number of halogens is 1. The van der Waals surface area contributed by atoms with Crippen LogP contribution in [0.15, 0.2) is 370 Å². The Hall–Kier alpha value is -12.4. The zero-order chi connectivity index (χ0) is 69.6. The van der Waals surface area contributed by atoms with E-state index < -0.39 is 16.1 Å². The average molecular weight is 1380 g/mol. The average Bonchev–Trinajstić information content (AvgIpc) is 1.06. The Kier molecular flexibility index (Phi) is 20.0. The minimum Gasteiger partial charge on any atom is -0.435 e. The Morgan fingerprint density at radius 2 is 0.563 bits per heavy atom. The van der Waals surface area contributed by atoms with Crippen molar-refractivity contribution < 1.29 is 41.6 Å². The van der Waals surface area contributed by atoms with Gasteiger partial charge in [-0.15, -0.1) is 0 Å². The zero-order valence-corrected chi connectivity index (χ0v) is 59.2. The lowest BCUT2D eigenvalue weighted by atomic mass is 9.97. The van der Waals surface area contributed by atoms with Gasteiger partial charge in [-0.05, 0) is 66.6 Å². The van der Waals surface area contributed by atoms with Gasteiger partial charge in [0.25, 0.3) is 26.9 Å². The molecule has 5 aliphatic rings. The van der Waals surface area contributed by atoms with Gasteiger partial charge in [-0.1, -0.05) is 298 Å². The van der Waals surface area contributed by atoms with Crippen molar-refractivity contribution in [3.63, 3.8) is 0 Å². The number of fused-ring (bicyclic) bond motifs is 4. The minimum atomic E-state index is -2.64. The quantitative estimate of drug-likeness (QED) is 0.0695. The zero-order valence-electron chi connectivity index (χ0n) is 57.2. The van der Waals surface area contributed by atoms with Gasteiger partial charge in [-0.2, -0.15) is 18.3 Å². The van der Waals surface area contributed by atoms with Gasteiger partial charge in [-0.25, -0.2) is 4.39 Å². The number of para-hydroxylation sites is 8. The summed E-state index contributed by atoms with van der Waals surface area (Å²) in [4.78, 5) is 0. The first-order chi connectivity index (χ1) is 50.9. The second kappa shape index (κ2) is 31.0. The lowest BCUT2D eigenvalue weighted by Gasteiger charge is -2.36. The molecule has 0 N–H and O–H groups in total. The smallest absolute Gasteiger partial charge is 0.292 e. The Morgan fingerprint density at radius 3 is 0.942 bits per heavy atom. The van der Waals surface area contributed by atoms with Crippen LogP contribution >= 0.6 is 0 Å². The molecule has 1 aliphatic carbocycles. The predicted octanol–water partition coefficient (Wildman–Crippen LogP) is 15.0. The summed E-state index contributed by atoms with van der Waals surface area (Å²) in [5, 5.41) is 9.42. The van der Waals surface area contributed by atoms with Crippen LogP contribution in [0.1, 0.15) is 33.7 Å². The Balaban J connectivity index is 0.000000115. The van der Waals surface area contributed by atoms with Crippen LogP contribution in [0, 0.1) is 5.82 Å². The van der Waals surface area contributed by atoms with Gasteiger partial charge in [-0.3, -0.25) is 0 Å². The topological polar surface area (TPSA) is 49.0 Å². The van der Waals surface area contributed by atoms with Crippen molar-refractivity contribution in [1.29, 1.82) is 0 Å². The van der Waals surface area contributed by atoms with Gasteiger partial charge in [0.1, 0.15) is 25.3 Å². The van der Waals surface area contributed by atoms with Crippen molar-refractivity contribution in [3.8, 4) is 23.0 Å². The van der Waals surface area contributed by atoms with Gasteiger partial charge in [0.2, 0.25) is 22.7 Å². The summed E-state index contributed by atoms with van der Waals surface area (Å²) in [5.41, 5.74) is 9.82. The van der Waals surface area contributed by atoms with Gasteiger partial charge in [0.05, 0.1) is 22.3 Å².